The molecule has 0 aliphatic heterocycles. The SMILES string of the molecule is Cc1ccc(-c2ccc(-c3n[nH]c(=S)o3)c(=O)[nH]2)c(C)c1. The molecule has 0 radical (unpaired) electrons. The average molecular weight is 299 g/mol. The zero-order valence-corrected chi connectivity index (χ0v) is 12.4. The first-order valence-electron chi connectivity index (χ1n) is 6.41. The van der Waals surface area contributed by atoms with Crippen molar-refractivity contribution in [3.8, 4) is 22.7 Å². The Morgan fingerprint density at radius 3 is 2.52 bits per heavy atom. The molecular formula is C15H13N3O2S. The molecule has 2 N–H and O–H groups in total. The van der Waals surface area contributed by atoms with Crippen molar-refractivity contribution in [3.05, 3.63) is 56.6 Å². The van der Waals surface area contributed by atoms with Crippen LogP contribution in [0.25, 0.3) is 22.7 Å². The van der Waals surface area contributed by atoms with Gasteiger partial charge in [-0.25, -0.2) is 5.10 Å². The average Bonchev–Trinajstić information content (AvgIpc) is 2.85. The van der Waals surface area contributed by atoms with Crippen molar-refractivity contribution in [1.82, 2.24) is 15.2 Å². The third-order valence-corrected chi connectivity index (χ3v) is 3.42. The first kappa shape index (κ1) is 13.5. The van der Waals surface area contributed by atoms with Crippen LogP contribution in [0.2, 0.25) is 0 Å². The molecule has 106 valence electrons. The number of aryl methyl sites for hydroxylation is 2. The van der Waals surface area contributed by atoms with Crippen molar-refractivity contribution >= 4 is 12.2 Å². The molecule has 21 heavy (non-hydrogen) atoms. The summed E-state index contributed by atoms with van der Waals surface area (Å²) in [5.41, 5.74) is 4.12. The highest BCUT2D eigenvalue weighted by molar-refractivity contribution is 7.71. The van der Waals surface area contributed by atoms with Gasteiger partial charge in [-0.15, -0.1) is 5.10 Å². The molecular weight excluding hydrogens is 286 g/mol. The summed E-state index contributed by atoms with van der Waals surface area (Å²) in [6.07, 6.45) is 0. The summed E-state index contributed by atoms with van der Waals surface area (Å²) in [5, 5.41) is 6.36. The summed E-state index contributed by atoms with van der Waals surface area (Å²) < 4.78 is 5.16. The minimum atomic E-state index is -0.266. The van der Waals surface area contributed by atoms with Gasteiger partial charge in [0.15, 0.2) is 0 Å². The van der Waals surface area contributed by atoms with E-state index < -0.39 is 0 Å². The van der Waals surface area contributed by atoms with Crippen LogP contribution < -0.4 is 5.56 Å². The maximum atomic E-state index is 12.2. The van der Waals surface area contributed by atoms with E-state index in [1.165, 1.54) is 5.56 Å². The van der Waals surface area contributed by atoms with Gasteiger partial charge in [-0.2, -0.15) is 0 Å². The summed E-state index contributed by atoms with van der Waals surface area (Å²) in [6, 6.07) is 9.61. The summed E-state index contributed by atoms with van der Waals surface area (Å²) in [4.78, 5) is 15.2. The molecule has 3 aromatic rings. The van der Waals surface area contributed by atoms with Gasteiger partial charge in [0.2, 0.25) is 0 Å². The fourth-order valence-electron chi connectivity index (χ4n) is 2.26. The Kier molecular flexibility index (Phi) is 3.31. The van der Waals surface area contributed by atoms with Crippen molar-refractivity contribution in [2.24, 2.45) is 0 Å². The summed E-state index contributed by atoms with van der Waals surface area (Å²) in [7, 11) is 0. The second-order valence-corrected chi connectivity index (χ2v) is 5.22. The topological polar surface area (TPSA) is 74.7 Å². The predicted molar refractivity (Wildman–Crippen MR) is 82.7 cm³/mol. The van der Waals surface area contributed by atoms with E-state index >= 15 is 0 Å². The number of rotatable bonds is 2. The Morgan fingerprint density at radius 1 is 1.14 bits per heavy atom. The molecule has 0 aliphatic rings. The number of H-pyrrole nitrogens is 2. The van der Waals surface area contributed by atoms with Gasteiger partial charge in [0.05, 0.1) is 0 Å². The Labute approximate surface area is 125 Å². The molecule has 0 aliphatic carbocycles. The fraction of sp³-hybridized carbons (Fsp3) is 0.133. The minimum Gasteiger partial charge on any atom is -0.409 e. The van der Waals surface area contributed by atoms with Gasteiger partial charge in [-0.05, 0) is 43.8 Å². The number of nitrogens with zero attached hydrogens (tertiary/aromatic N) is 1. The van der Waals surface area contributed by atoms with Crippen molar-refractivity contribution in [1.29, 1.82) is 0 Å². The molecule has 0 bridgehead atoms. The van der Waals surface area contributed by atoms with Gasteiger partial charge in [0, 0.05) is 11.3 Å². The number of aromatic amines is 2. The van der Waals surface area contributed by atoms with Crippen molar-refractivity contribution < 1.29 is 4.42 Å². The Bertz CT molecular complexity index is 921. The van der Waals surface area contributed by atoms with Gasteiger partial charge >= 0.3 is 0 Å². The standard InChI is InChI=1S/C15H13N3O2S/c1-8-3-4-10(9(2)7-8)12-6-5-11(13(19)16-12)14-17-18-15(21)20-14/h3-7H,1-2H3,(H,16,19)(H,18,21). The van der Waals surface area contributed by atoms with E-state index in [2.05, 4.69) is 21.2 Å². The van der Waals surface area contributed by atoms with Crippen LogP contribution in [0.3, 0.4) is 0 Å². The smallest absolute Gasteiger partial charge is 0.284 e. The number of hydrogen-bond acceptors (Lipinski definition) is 4. The van der Waals surface area contributed by atoms with Crippen molar-refractivity contribution in [2.45, 2.75) is 13.8 Å². The van der Waals surface area contributed by atoms with Gasteiger partial charge < -0.3 is 9.40 Å². The molecule has 6 heteroatoms. The fourth-order valence-corrected chi connectivity index (χ4v) is 2.38. The lowest BCUT2D eigenvalue weighted by atomic mass is 10.0. The molecule has 3 rings (SSSR count). The van der Waals surface area contributed by atoms with E-state index in [0.29, 0.717) is 5.56 Å². The van der Waals surface area contributed by atoms with Gasteiger partial charge in [-0.3, -0.25) is 4.79 Å². The molecule has 0 fully saturated rings. The maximum Gasteiger partial charge on any atom is 0.284 e. The number of pyridine rings is 1. The molecule has 0 saturated heterocycles. The van der Waals surface area contributed by atoms with Crippen LogP contribution in [-0.2, 0) is 0 Å². The summed E-state index contributed by atoms with van der Waals surface area (Å²) >= 11 is 4.81. The highest BCUT2D eigenvalue weighted by atomic mass is 32.1. The number of benzene rings is 1. The zero-order valence-electron chi connectivity index (χ0n) is 11.6. The number of hydrogen-bond donors (Lipinski definition) is 2. The monoisotopic (exact) mass is 299 g/mol. The Hall–Kier alpha value is -2.47. The highest BCUT2D eigenvalue weighted by Gasteiger charge is 2.11. The molecule has 2 heterocycles. The van der Waals surface area contributed by atoms with Crippen LogP contribution in [0.15, 0.2) is 39.5 Å². The second kappa shape index (κ2) is 5.14. The molecule has 0 spiro atoms. The molecule has 1 aromatic carbocycles. The summed E-state index contributed by atoms with van der Waals surface area (Å²) in [6.45, 7) is 4.05. The van der Waals surface area contributed by atoms with Crippen LogP contribution in [0.5, 0.6) is 0 Å². The van der Waals surface area contributed by atoms with Gasteiger partial charge in [-0.1, -0.05) is 23.8 Å². The van der Waals surface area contributed by atoms with Crippen molar-refractivity contribution in [3.63, 3.8) is 0 Å². The minimum absolute atomic E-state index is 0.142. The van der Waals surface area contributed by atoms with E-state index in [4.69, 9.17) is 16.6 Å². The van der Waals surface area contributed by atoms with Crippen molar-refractivity contribution in [2.75, 3.05) is 0 Å². The van der Waals surface area contributed by atoms with E-state index in [0.717, 1.165) is 16.8 Å². The first-order chi connectivity index (χ1) is 10.0. The summed E-state index contributed by atoms with van der Waals surface area (Å²) in [5.74, 6) is 0.188. The number of aromatic nitrogens is 3. The van der Waals surface area contributed by atoms with E-state index in [-0.39, 0.29) is 16.3 Å². The normalized spacial score (nSPS) is 10.8. The lowest BCUT2D eigenvalue weighted by Gasteiger charge is -2.07. The molecule has 0 saturated carbocycles. The zero-order chi connectivity index (χ0) is 15.0. The van der Waals surface area contributed by atoms with Crippen LogP contribution in [0.1, 0.15) is 11.1 Å². The quantitative estimate of drug-likeness (QED) is 0.711. The Balaban J connectivity index is 2.09. The van der Waals surface area contributed by atoms with Gasteiger partial charge in [0.25, 0.3) is 16.3 Å². The van der Waals surface area contributed by atoms with Gasteiger partial charge in [0.1, 0.15) is 5.56 Å². The first-order valence-corrected chi connectivity index (χ1v) is 6.82. The lowest BCUT2D eigenvalue weighted by Crippen LogP contribution is -2.10. The van der Waals surface area contributed by atoms with Crippen LogP contribution >= 0.6 is 12.2 Å². The maximum absolute atomic E-state index is 12.2. The lowest BCUT2D eigenvalue weighted by molar-refractivity contribution is 0.551. The molecule has 5 nitrogen and oxygen atoms in total. The molecule has 0 unspecified atom stereocenters. The number of nitrogens with one attached hydrogen (secondary N) is 2. The predicted octanol–water partition coefficient (Wildman–Crippen LogP) is 3.37. The van der Waals surface area contributed by atoms with E-state index in [9.17, 15) is 4.79 Å². The van der Waals surface area contributed by atoms with E-state index in [1.54, 1.807) is 6.07 Å². The molecule has 0 atom stereocenters. The van der Waals surface area contributed by atoms with E-state index in [1.807, 2.05) is 32.0 Å². The van der Waals surface area contributed by atoms with Crippen LogP contribution in [0, 0.1) is 18.7 Å². The molecule has 0 amide bonds. The second-order valence-electron chi connectivity index (χ2n) is 4.85. The third kappa shape index (κ3) is 2.57. The third-order valence-electron chi connectivity index (χ3n) is 3.25. The highest BCUT2D eigenvalue weighted by Crippen LogP contribution is 2.22. The largest absolute Gasteiger partial charge is 0.409 e. The van der Waals surface area contributed by atoms with Crippen LogP contribution in [0.4, 0.5) is 0 Å². The Morgan fingerprint density at radius 2 is 1.90 bits per heavy atom. The molecule has 2 aromatic heterocycles. The van der Waals surface area contributed by atoms with Crippen LogP contribution in [-0.4, -0.2) is 15.2 Å².